The Hall–Kier alpha value is -2.01. The molecule has 0 unspecified atom stereocenters. The number of benzene rings is 2. The lowest BCUT2D eigenvalue weighted by molar-refractivity contribution is -0.176. The summed E-state index contributed by atoms with van der Waals surface area (Å²) in [6.45, 7) is 2.61. The van der Waals surface area contributed by atoms with E-state index in [1.165, 1.54) is 0 Å². The number of hydrogen-bond acceptors (Lipinski definition) is 3. The summed E-state index contributed by atoms with van der Waals surface area (Å²) in [5, 5.41) is 15.8. The van der Waals surface area contributed by atoms with Gasteiger partial charge in [-0.15, -0.1) is 24.0 Å². The second-order valence-electron chi connectivity index (χ2n) is 6.82. The Morgan fingerprint density at radius 2 is 1.58 bits per heavy atom. The monoisotopic (exact) mass is 551 g/mol. The van der Waals surface area contributed by atoms with E-state index >= 15 is 0 Å². The number of rotatable bonds is 10. The Labute approximate surface area is 198 Å². The molecule has 0 radical (unpaired) electrons. The molecule has 5 nitrogen and oxygen atoms in total. The highest BCUT2D eigenvalue weighted by molar-refractivity contribution is 14.0. The highest BCUT2D eigenvalue weighted by Crippen LogP contribution is 2.16. The summed E-state index contributed by atoms with van der Waals surface area (Å²) >= 11 is 0. The number of guanidine groups is 1. The topological polar surface area (TPSA) is 65.9 Å². The largest absolute Gasteiger partial charge is 0.508 e. The van der Waals surface area contributed by atoms with E-state index in [1.54, 1.807) is 24.3 Å². The number of hydrogen-bond donors (Lipinski definition) is 3. The van der Waals surface area contributed by atoms with Gasteiger partial charge in [-0.1, -0.05) is 36.4 Å². The van der Waals surface area contributed by atoms with Crippen molar-refractivity contribution < 1.29 is 23.0 Å². The third kappa shape index (κ3) is 11.8. The van der Waals surface area contributed by atoms with Gasteiger partial charge in [0, 0.05) is 13.1 Å². The molecule has 31 heavy (non-hydrogen) atoms. The maximum absolute atomic E-state index is 12.1. The van der Waals surface area contributed by atoms with Crippen LogP contribution in [-0.2, 0) is 24.3 Å². The minimum absolute atomic E-state index is 0. The van der Waals surface area contributed by atoms with Crippen molar-refractivity contribution in [2.45, 2.75) is 39.1 Å². The number of aryl methyl sites for hydroxylation is 1. The second kappa shape index (κ2) is 14.1. The zero-order valence-electron chi connectivity index (χ0n) is 17.4. The molecular formula is C22H29F3IN3O2. The van der Waals surface area contributed by atoms with Crippen molar-refractivity contribution in [3.8, 4) is 5.75 Å². The Kier molecular flexibility index (Phi) is 12.3. The van der Waals surface area contributed by atoms with Gasteiger partial charge in [0.2, 0.25) is 0 Å². The number of aliphatic imine (C=N–C) groups is 1. The number of phenolic OH excluding ortho intramolecular Hbond substituents is 1. The Morgan fingerprint density at radius 3 is 2.19 bits per heavy atom. The summed E-state index contributed by atoms with van der Waals surface area (Å²) in [5.41, 5.74) is 2.80. The molecule has 0 heterocycles. The molecule has 0 saturated carbocycles. The molecule has 2 rings (SSSR count). The third-order valence-corrected chi connectivity index (χ3v) is 4.19. The van der Waals surface area contributed by atoms with Crippen LogP contribution in [0.2, 0.25) is 0 Å². The van der Waals surface area contributed by atoms with Crippen LogP contribution in [0.1, 0.15) is 30.0 Å². The zero-order valence-corrected chi connectivity index (χ0v) is 19.7. The van der Waals surface area contributed by atoms with E-state index in [-0.39, 0.29) is 36.3 Å². The van der Waals surface area contributed by atoms with Crippen LogP contribution in [0.5, 0.6) is 5.75 Å². The van der Waals surface area contributed by atoms with E-state index in [4.69, 9.17) is 0 Å². The summed E-state index contributed by atoms with van der Waals surface area (Å²) in [6.07, 6.45) is -2.50. The summed E-state index contributed by atoms with van der Waals surface area (Å²) < 4.78 is 41.0. The fourth-order valence-electron chi connectivity index (χ4n) is 2.70. The molecule has 9 heteroatoms. The zero-order chi connectivity index (χ0) is 21.8. The first kappa shape index (κ1) is 27.0. The minimum Gasteiger partial charge on any atom is -0.508 e. The molecule has 0 fully saturated rings. The second-order valence-corrected chi connectivity index (χ2v) is 6.82. The molecule has 0 aliphatic heterocycles. The van der Waals surface area contributed by atoms with Crippen LogP contribution in [0, 0.1) is 0 Å². The van der Waals surface area contributed by atoms with E-state index in [9.17, 15) is 18.3 Å². The molecule has 2 aromatic rings. The number of halogens is 4. The van der Waals surface area contributed by atoms with Crippen LogP contribution in [-0.4, -0.2) is 36.9 Å². The van der Waals surface area contributed by atoms with E-state index in [0.717, 1.165) is 37.1 Å². The number of alkyl halides is 3. The molecule has 0 aliphatic rings. The van der Waals surface area contributed by atoms with Crippen molar-refractivity contribution in [1.82, 2.24) is 10.6 Å². The lowest BCUT2D eigenvalue weighted by atomic mass is 10.1. The van der Waals surface area contributed by atoms with Gasteiger partial charge in [0.15, 0.2) is 5.96 Å². The van der Waals surface area contributed by atoms with Crippen molar-refractivity contribution in [3.05, 3.63) is 65.2 Å². The maximum Gasteiger partial charge on any atom is 0.411 e. The van der Waals surface area contributed by atoms with Gasteiger partial charge in [-0.2, -0.15) is 13.2 Å². The minimum atomic E-state index is -4.31. The first-order valence-electron chi connectivity index (χ1n) is 9.88. The quantitative estimate of drug-likeness (QED) is 0.172. The van der Waals surface area contributed by atoms with Crippen molar-refractivity contribution >= 4 is 29.9 Å². The van der Waals surface area contributed by atoms with Gasteiger partial charge in [-0.25, -0.2) is 4.99 Å². The Morgan fingerprint density at radius 1 is 0.968 bits per heavy atom. The molecule has 2 aromatic carbocycles. The maximum atomic E-state index is 12.1. The van der Waals surface area contributed by atoms with Gasteiger partial charge in [0.1, 0.15) is 12.4 Å². The molecule has 0 spiro atoms. The van der Waals surface area contributed by atoms with Crippen molar-refractivity contribution in [2.75, 3.05) is 19.7 Å². The van der Waals surface area contributed by atoms with Crippen LogP contribution in [0.3, 0.4) is 0 Å². The van der Waals surface area contributed by atoms with Crippen LogP contribution < -0.4 is 10.6 Å². The molecule has 172 valence electrons. The van der Waals surface area contributed by atoms with Gasteiger partial charge < -0.3 is 20.5 Å². The van der Waals surface area contributed by atoms with E-state index in [2.05, 4.69) is 20.4 Å². The number of nitrogens with one attached hydrogen (secondary N) is 2. The first-order chi connectivity index (χ1) is 14.4. The predicted molar refractivity (Wildman–Crippen MR) is 127 cm³/mol. The number of phenols is 1. The van der Waals surface area contributed by atoms with Crippen molar-refractivity contribution in [2.24, 2.45) is 4.99 Å². The van der Waals surface area contributed by atoms with Gasteiger partial charge in [-0.05, 0) is 48.6 Å². The predicted octanol–water partition coefficient (Wildman–Crippen LogP) is 4.78. The highest BCUT2D eigenvalue weighted by atomic mass is 127. The number of ether oxygens (including phenoxy) is 1. The highest BCUT2D eigenvalue weighted by Gasteiger charge is 2.27. The van der Waals surface area contributed by atoms with Crippen LogP contribution in [0.25, 0.3) is 0 Å². The average Bonchev–Trinajstić information content (AvgIpc) is 2.70. The molecule has 0 saturated heterocycles. The van der Waals surface area contributed by atoms with Crippen LogP contribution in [0.4, 0.5) is 13.2 Å². The van der Waals surface area contributed by atoms with Gasteiger partial charge in [0.05, 0.1) is 13.2 Å². The first-order valence-corrected chi connectivity index (χ1v) is 9.88. The summed E-state index contributed by atoms with van der Waals surface area (Å²) in [4.78, 5) is 4.55. The lowest BCUT2D eigenvalue weighted by Gasteiger charge is -2.11. The number of nitrogens with zero attached hydrogens (tertiary/aromatic N) is 1. The lowest BCUT2D eigenvalue weighted by Crippen LogP contribution is -2.37. The molecule has 0 bridgehead atoms. The van der Waals surface area contributed by atoms with Gasteiger partial charge >= 0.3 is 6.18 Å². The van der Waals surface area contributed by atoms with Gasteiger partial charge in [0.25, 0.3) is 0 Å². The Bertz CT molecular complexity index is 782. The normalized spacial score (nSPS) is 11.7. The third-order valence-electron chi connectivity index (χ3n) is 4.19. The van der Waals surface area contributed by atoms with E-state index < -0.39 is 12.8 Å². The summed E-state index contributed by atoms with van der Waals surface area (Å²) in [6, 6.07) is 14.4. The van der Waals surface area contributed by atoms with Crippen LogP contribution in [0.15, 0.2) is 53.5 Å². The van der Waals surface area contributed by atoms with Crippen molar-refractivity contribution in [3.63, 3.8) is 0 Å². The summed E-state index contributed by atoms with van der Waals surface area (Å²) in [7, 11) is 0. The fourth-order valence-corrected chi connectivity index (χ4v) is 2.70. The van der Waals surface area contributed by atoms with E-state index in [0.29, 0.717) is 18.1 Å². The standard InChI is InChI=1S/C22H28F3N3O2.HI/c1-2-26-21(27-13-3-4-17-9-11-20(29)12-10-17)28-14-18-5-7-19(8-6-18)15-30-16-22(23,24)25;/h5-12,29H,2-4,13-16H2,1H3,(H2,26,27,28);1H. The average molecular weight is 551 g/mol. The Balaban J connectivity index is 0.00000480. The van der Waals surface area contributed by atoms with Gasteiger partial charge in [-0.3, -0.25) is 0 Å². The fraction of sp³-hybridized carbons (Fsp3) is 0.409. The molecular weight excluding hydrogens is 522 g/mol. The van der Waals surface area contributed by atoms with E-state index in [1.807, 2.05) is 31.2 Å². The smallest absolute Gasteiger partial charge is 0.411 e. The number of aromatic hydroxyl groups is 1. The van der Waals surface area contributed by atoms with Crippen LogP contribution >= 0.6 is 24.0 Å². The molecule has 3 N–H and O–H groups in total. The molecule has 0 amide bonds. The summed E-state index contributed by atoms with van der Waals surface area (Å²) in [5.74, 6) is 0.973. The SMILES string of the molecule is CCNC(=NCc1ccc(COCC(F)(F)F)cc1)NCCCc1ccc(O)cc1.I. The van der Waals surface area contributed by atoms with Crippen molar-refractivity contribution in [1.29, 1.82) is 0 Å². The molecule has 0 aliphatic carbocycles. The molecule has 0 atom stereocenters. The molecule has 0 aromatic heterocycles.